The first-order chi connectivity index (χ1) is 11.6. The van der Waals surface area contributed by atoms with E-state index >= 15 is 0 Å². The molecular formula is C18H14ClNO3S. The maximum atomic E-state index is 10.4. The third kappa shape index (κ3) is 4.34. The van der Waals surface area contributed by atoms with Crippen molar-refractivity contribution in [2.75, 3.05) is 6.61 Å². The zero-order chi connectivity index (χ0) is 16.9. The van der Waals surface area contributed by atoms with Crippen LogP contribution >= 0.6 is 22.9 Å². The van der Waals surface area contributed by atoms with Crippen molar-refractivity contribution < 1.29 is 14.6 Å². The lowest BCUT2D eigenvalue weighted by atomic mass is 10.2. The number of ether oxygens (including phenoxy) is 1. The number of nitrogens with zero attached hydrogens (tertiary/aromatic N) is 1. The van der Waals surface area contributed by atoms with Gasteiger partial charge in [0.1, 0.15) is 10.8 Å². The first-order valence-corrected chi connectivity index (χ1v) is 8.48. The Balaban J connectivity index is 1.66. The first kappa shape index (κ1) is 16.5. The Bertz CT molecular complexity index is 887. The summed E-state index contributed by atoms with van der Waals surface area (Å²) in [4.78, 5) is 15.0. The summed E-state index contributed by atoms with van der Waals surface area (Å²) < 4.78 is 6.46. The Morgan fingerprint density at radius 3 is 2.75 bits per heavy atom. The lowest BCUT2D eigenvalue weighted by Crippen LogP contribution is -2.04. The van der Waals surface area contributed by atoms with Crippen molar-refractivity contribution in [3.8, 4) is 5.75 Å². The number of thiazole rings is 1. The highest BCUT2D eigenvalue weighted by molar-refractivity contribution is 7.19. The van der Waals surface area contributed by atoms with Crippen LogP contribution in [0, 0.1) is 0 Å². The number of carboxylic acid groups (broad SMARTS) is 1. The zero-order valence-electron chi connectivity index (χ0n) is 12.6. The lowest BCUT2D eigenvalue weighted by molar-refractivity contribution is -0.137. The van der Waals surface area contributed by atoms with Gasteiger partial charge in [-0.1, -0.05) is 29.8 Å². The molecule has 0 saturated carbocycles. The van der Waals surface area contributed by atoms with Crippen molar-refractivity contribution in [3.05, 3.63) is 58.1 Å². The second kappa shape index (κ2) is 7.47. The number of hydrogen-bond donors (Lipinski definition) is 1. The van der Waals surface area contributed by atoms with Crippen molar-refractivity contribution in [2.45, 2.75) is 6.42 Å². The molecule has 3 rings (SSSR count). The third-order valence-electron chi connectivity index (χ3n) is 3.25. The molecule has 0 amide bonds. The maximum absolute atomic E-state index is 10.4. The number of carboxylic acids is 1. The summed E-state index contributed by atoms with van der Waals surface area (Å²) in [5.74, 6) is -0.213. The van der Waals surface area contributed by atoms with Gasteiger partial charge in [-0.3, -0.25) is 4.79 Å². The van der Waals surface area contributed by atoms with Crippen LogP contribution in [0.25, 0.3) is 22.4 Å². The predicted molar refractivity (Wildman–Crippen MR) is 97.7 cm³/mol. The lowest BCUT2D eigenvalue weighted by Gasteiger charge is -2.04. The molecule has 1 heterocycles. The van der Waals surface area contributed by atoms with Crippen LogP contribution < -0.4 is 4.74 Å². The van der Waals surface area contributed by atoms with Crippen LogP contribution in [0.3, 0.4) is 0 Å². The van der Waals surface area contributed by atoms with Crippen LogP contribution in [-0.4, -0.2) is 22.7 Å². The highest BCUT2D eigenvalue weighted by atomic mass is 35.5. The summed E-state index contributed by atoms with van der Waals surface area (Å²) in [6.45, 7) is 0.165. The average molecular weight is 360 g/mol. The maximum Gasteiger partial charge on any atom is 0.306 e. The van der Waals surface area contributed by atoms with Gasteiger partial charge in [0.05, 0.1) is 23.2 Å². The third-order valence-corrected chi connectivity index (χ3v) is 4.49. The molecule has 24 heavy (non-hydrogen) atoms. The van der Waals surface area contributed by atoms with Crippen molar-refractivity contribution in [1.82, 2.24) is 4.98 Å². The molecule has 1 N–H and O–H groups in total. The van der Waals surface area contributed by atoms with E-state index in [9.17, 15) is 4.79 Å². The topological polar surface area (TPSA) is 59.4 Å². The van der Waals surface area contributed by atoms with E-state index in [1.165, 1.54) is 0 Å². The monoisotopic (exact) mass is 359 g/mol. The van der Waals surface area contributed by atoms with Gasteiger partial charge in [-0.2, -0.15) is 0 Å². The molecule has 6 heteroatoms. The molecule has 0 atom stereocenters. The molecule has 0 spiro atoms. The zero-order valence-corrected chi connectivity index (χ0v) is 14.2. The van der Waals surface area contributed by atoms with Gasteiger partial charge in [-0.25, -0.2) is 4.98 Å². The molecule has 0 aliphatic carbocycles. The normalized spacial score (nSPS) is 11.2. The highest BCUT2D eigenvalue weighted by Gasteiger charge is 2.02. The summed E-state index contributed by atoms with van der Waals surface area (Å²) >= 11 is 7.58. The SMILES string of the molecule is O=C(O)CCOc1ccc(/C=C/c2nc3cc(Cl)ccc3s2)cc1. The highest BCUT2D eigenvalue weighted by Crippen LogP contribution is 2.26. The van der Waals surface area contributed by atoms with Gasteiger partial charge >= 0.3 is 5.97 Å². The van der Waals surface area contributed by atoms with E-state index in [0.717, 1.165) is 20.8 Å². The number of benzene rings is 2. The number of rotatable bonds is 6. The fourth-order valence-electron chi connectivity index (χ4n) is 2.09. The van der Waals surface area contributed by atoms with Gasteiger partial charge in [-0.15, -0.1) is 11.3 Å². The molecule has 122 valence electrons. The first-order valence-electron chi connectivity index (χ1n) is 7.29. The molecule has 2 aromatic carbocycles. The quantitative estimate of drug-likeness (QED) is 0.674. The summed E-state index contributed by atoms with van der Waals surface area (Å²) in [5, 5.41) is 10.2. The standard InChI is InChI=1S/C18H14ClNO3S/c19-13-4-7-16-15(11-13)20-17(24-16)8-3-12-1-5-14(6-2-12)23-10-9-18(21)22/h1-8,11H,9-10H2,(H,21,22)/b8-3+. The van der Waals surface area contributed by atoms with Crippen LogP contribution in [0.2, 0.25) is 5.02 Å². The number of aromatic nitrogens is 1. The van der Waals surface area contributed by atoms with E-state index in [1.807, 2.05) is 54.6 Å². The van der Waals surface area contributed by atoms with Crippen LogP contribution in [0.4, 0.5) is 0 Å². The van der Waals surface area contributed by atoms with Crippen LogP contribution in [-0.2, 0) is 4.79 Å². The molecule has 3 aromatic rings. The fourth-order valence-corrected chi connectivity index (χ4v) is 3.11. The van der Waals surface area contributed by atoms with E-state index in [4.69, 9.17) is 21.4 Å². The number of hydrogen-bond acceptors (Lipinski definition) is 4. The van der Waals surface area contributed by atoms with Crippen molar-refractivity contribution in [2.24, 2.45) is 0 Å². The van der Waals surface area contributed by atoms with Crippen molar-refractivity contribution in [3.63, 3.8) is 0 Å². The van der Waals surface area contributed by atoms with Crippen molar-refractivity contribution in [1.29, 1.82) is 0 Å². The van der Waals surface area contributed by atoms with Gasteiger partial charge in [0.15, 0.2) is 0 Å². The summed E-state index contributed by atoms with van der Waals surface area (Å²) in [6.07, 6.45) is 3.92. The second-order valence-corrected chi connectivity index (χ2v) is 6.56. The minimum atomic E-state index is -0.869. The van der Waals surface area contributed by atoms with Gasteiger partial charge in [0.25, 0.3) is 0 Å². The minimum Gasteiger partial charge on any atom is -0.493 e. The Kier molecular flexibility index (Phi) is 5.13. The van der Waals surface area contributed by atoms with Crippen molar-refractivity contribution >= 4 is 51.3 Å². The number of aliphatic carboxylic acids is 1. The molecule has 1 aromatic heterocycles. The number of fused-ring (bicyclic) bond motifs is 1. The fraction of sp³-hybridized carbons (Fsp3) is 0.111. The summed E-state index contributed by atoms with van der Waals surface area (Å²) in [6, 6.07) is 13.1. The van der Waals surface area contributed by atoms with Gasteiger partial charge in [0, 0.05) is 5.02 Å². The van der Waals surface area contributed by atoms with Gasteiger partial charge in [-0.05, 0) is 42.0 Å². The minimum absolute atomic E-state index is 0.0106. The van der Waals surface area contributed by atoms with E-state index in [0.29, 0.717) is 10.8 Å². The Hall–Kier alpha value is -2.37. The smallest absolute Gasteiger partial charge is 0.306 e. The Morgan fingerprint density at radius 2 is 2.00 bits per heavy atom. The molecular weight excluding hydrogens is 346 g/mol. The second-order valence-electron chi connectivity index (χ2n) is 5.06. The summed E-state index contributed by atoms with van der Waals surface area (Å²) in [5.41, 5.74) is 1.91. The molecule has 0 saturated heterocycles. The Morgan fingerprint density at radius 1 is 1.21 bits per heavy atom. The molecule has 0 radical (unpaired) electrons. The molecule has 0 fully saturated rings. The molecule has 0 bridgehead atoms. The average Bonchev–Trinajstić information content (AvgIpc) is 2.96. The van der Waals surface area contributed by atoms with Crippen LogP contribution in [0.5, 0.6) is 5.75 Å². The van der Waals surface area contributed by atoms with E-state index in [2.05, 4.69) is 4.98 Å². The largest absolute Gasteiger partial charge is 0.493 e. The molecule has 0 unspecified atom stereocenters. The molecule has 0 aliphatic heterocycles. The van der Waals surface area contributed by atoms with Gasteiger partial charge in [0.2, 0.25) is 0 Å². The van der Waals surface area contributed by atoms with Crippen LogP contribution in [0.1, 0.15) is 17.0 Å². The van der Waals surface area contributed by atoms with E-state index < -0.39 is 5.97 Å². The number of carbonyl (C=O) groups is 1. The summed E-state index contributed by atoms with van der Waals surface area (Å²) in [7, 11) is 0. The van der Waals surface area contributed by atoms with E-state index in [-0.39, 0.29) is 13.0 Å². The van der Waals surface area contributed by atoms with E-state index in [1.54, 1.807) is 11.3 Å². The predicted octanol–water partition coefficient (Wildman–Crippen LogP) is 4.97. The number of halogens is 1. The van der Waals surface area contributed by atoms with Crippen LogP contribution in [0.15, 0.2) is 42.5 Å². The Labute approximate surface area is 148 Å². The molecule has 0 aliphatic rings. The van der Waals surface area contributed by atoms with Gasteiger partial charge < -0.3 is 9.84 Å². The molecule has 4 nitrogen and oxygen atoms in total.